The highest BCUT2D eigenvalue weighted by Crippen LogP contribution is 2.45. The fraction of sp³-hybridized carbons (Fsp3) is 1.00. The Bertz CT molecular complexity index is 335. The molecule has 2 fully saturated rings. The smallest absolute Gasteiger partial charge is 0.309 e. The van der Waals surface area contributed by atoms with Crippen LogP contribution in [0.3, 0.4) is 0 Å². The van der Waals surface area contributed by atoms with Crippen molar-refractivity contribution in [3.63, 3.8) is 0 Å². The molecule has 2 saturated heterocycles. The van der Waals surface area contributed by atoms with Gasteiger partial charge in [-0.2, -0.15) is 0 Å². The van der Waals surface area contributed by atoms with E-state index in [-0.39, 0.29) is 0 Å². The van der Waals surface area contributed by atoms with Crippen LogP contribution in [0, 0.1) is 5.92 Å². The van der Waals surface area contributed by atoms with Gasteiger partial charge in [0, 0.05) is 12.7 Å². The minimum Gasteiger partial charge on any atom is -0.309 e. The minimum absolute atomic E-state index is 0.534. The SMILES string of the molecule is CCCCOP(C)(=O)OCC1CCCN2CCCCC12. The molecule has 0 radical (unpaired) electrons. The Morgan fingerprint density at radius 1 is 1.15 bits per heavy atom. The zero-order valence-corrected chi connectivity index (χ0v) is 13.9. The number of nitrogens with zero attached hydrogens (tertiary/aromatic N) is 1. The Kier molecular flexibility index (Phi) is 6.54. The second-order valence-corrected chi connectivity index (χ2v) is 8.31. The molecule has 0 bridgehead atoms. The predicted octanol–water partition coefficient (Wildman–Crippen LogP) is 3.91. The average molecular weight is 303 g/mol. The molecule has 0 aliphatic carbocycles. The molecule has 2 aliphatic rings. The summed E-state index contributed by atoms with van der Waals surface area (Å²) in [4.78, 5) is 2.61. The highest BCUT2D eigenvalue weighted by molar-refractivity contribution is 7.52. The van der Waals surface area contributed by atoms with Crippen molar-refractivity contribution in [2.24, 2.45) is 5.92 Å². The van der Waals surface area contributed by atoms with Crippen molar-refractivity contribution in [1.82, 2.24) is 4.90 Å². The van der Waals surface area contributed by atoms with E-state index >= 15 is 0 Å². The molecule has 0 aromatic heterocycles. The number of piperidine rings is 2. The van der Waals surface area contributed by atoms with E-state index < -0.39 is 7.60 Å². The van der Waals surface area contributed by atoms with Crippen LogP contribution in [0.1, 0.15) is 51.9 Å². The van der Waals surface area contributed by atoms with Crippen molar-refractivity contribution in [3.05, 3.63) is 0 Å². The zero-order chi connectivity index (χ0) is 14.4. The molecule has 2 aliphatic heterocycles. The molecule has 0 N–H and O–H groups in total. The summed E-state index contributed by atoms with van der Waals surface area (Å²) in [6, 6.07) is 0.646. The lowest BCUT2D eigenvalue weighted by molar-refractivity contribution is 0.0329. The molecule has 4 nitrogen and oxygen atoms in total. The van der Waals surface area contributed by atoms with Crippen LogP contribution in [0.15, 0.2) is 0 Å². The monoisotopic (exact) mass is 303 g/mol. The second kappa shape index (κ2) is 7.93. The molecule has 3 unspecified atom stereocenters. The molecule has 5 heteroatoms. The van der Waals surface area contributed by atoms with Crippen molar-refractivity contribution < 1.29 is 13.6 Å². The molecular formula is C15H30NO3P. The summed E-state index contributed by atoms with van der Waals surface area (Å²) in [5.74, 6) is 0.534. The standard InChI is InChI=1S/C15H30NO3P/c1-3-4-12-18-20(2,17)19-13-14-8-7-11-16-10-6-5-9-15(14)16/h14-15H,3-13H2,1-2H3. The van der Waals surface area contributed by atoms with E-state index in [9.17, 15) is 4.57 Å². The molecular weight excluding hydrogens is 273 g/mol. The Morgan fingerprint density at radius 2 is 1.95 bits per heavy atom. The van der Waals surface area contributed by atoms with Crippen molar-refractivity contribution in [2.75, 3.05) is 33.0 Å². The Hall–Kier alpha value is 0.110. The third kappa shape index (κ3) is 4.84. The normalized spacial score (nSPS) is 30.7. The number of rotatable bonds is 7. The van der Waals surface area contributed by atoms with Crippen molar-refractivity contribution >= 4 is 7.60 Å². The van der Waals surface area contributed by atoms with Crippen molar-refractivity contribution in [1.29, 1.82) is 0 Å². The van der Waals surface area contributed by atoms with Gasteiger partial charge in [-0.25, -0.2) is 0 Å². The molecule has 0 spiro atoms. The third-order valence-electron chi connectivity index (χ3n) is 4.58. The summed E-state index contributed by atoms with van der Waals surface area (Å²) < 4.78 is 23.3. The number of hydrogen-bond acceptors (Lipinski definition) is 4. The van der Waals surface area contributed by atoms with Gasteiger partial charge in [0.15, 0.2) is 0 Å². The van der Waals surface area contributed by atoms with Crippen LogP contribution in [0.5, 0.6) is 0 Å². The number of hydrogen-bond donors (Lipinski definition) is 0. The van der Waals surface area contributed by atoms with Crippen LogP contribution >= 0.6 is 7.60 Å². The van der Waals surface area contributed by atoms with Gasteiger partial charge >= 0.3 is 7.60 Å². The highest BCUT2D eigenvalue weighted by Gasteiger charge is 2.34. The Morgan fingerprint density at radius 3 is 2.75 bits per heavy atom. The first kappa shape index (κ1) is 16.5. The van der Waals surface area contributed by atoms with Crippen molar-refractivity contribution in [2.45, 2.75) is 57.9 Å². The van der Waals surface area contributed by atoms with Crippen LogP contribution in [0.4, 0.5) is 0 Å². The molecule has 118 valence electrons. The highest BCUT2D eigenvalue weighted by atomic mass is 31.2. The van der Waals surface area contributed by atoms with E-state index in [4.69, 9.17) is 9.05 Å². The predicted molar refractivity (Wildman–Crippen MR) is 82.3 cm³/mol. The molecule has 0 aromatic rings. The maximum absolute atomic E-state index is 12.2. The van der Waals surface area contributed by atoms with E-state index in [1.165, 1.54) is 45.2 Å². The fourth-order valence-corrected chi connectivity index (χ4v) is 4.41. The van der Waals surface area contributed by atoms with Gasteiger partial charge in [0.25, 0.3) is 0 Å². The summed E-state index contributed by atoms with van der Waals surface area (Å²) in [5.41, 5.74) is 0. The fourth-order valence-electron chi connectivity index (χ4n) is 3.41. The molecule has 2 heterocycles. The van der Waals surface area contributed by atoms with Gasteiger partial charge in [0.05, 0.1) is 13.2 Å². The van der Waals surface area contributed by atoms with Crippen molar-refractivity contribution in [3.8, 4) is 0 Å². The average Bonchev–Trinajstić information content (AvgIpc) is 2.45. The van der Waals surface area contributed by atoms with E-state index in [0.29, 0.717) is 25.2 Å². The quantitative estimate of drug-likeness (QED) is 0.528. The summed E-state index contributed by atoms with van der Waals surface area (Å²) in [6.07, 6.45) is 8.38. The van der Waals surface area contributed by atoms with Crippen LogP contribution in [0.2, 0.25) is 0 Å². The van der Waals surface area contributed by atoms with E-state index in [0.717, 1.165) is 12.8 Å². The molecule has 0 amide bonds. The first-order valence-corrected chi connectivity index (χ1v) is 10.2. The van der Waals surface area contributed by atoms with E-state index in [2.05, 4.69) is 11.8 Å². The van der Waals surface area contributed by atoms with Gasteiger partial charge in [-0.3, -0.25) is 4.57 Å². The van der Waals surface area contributed by atoms with E-state index in [1.807, 2.05) is 0 Å². The first-order chi connectivity index (χ1) is 9.62. The molecule has 0 saturated carbocycles. The second-order valence-electron chi connectivity index (χ2n) is 6.26. The van der Waals surface area contributed by atoms with Gasteiger partial charge in [0.2, 0.25) is 0 Å². The lowest BCUT2D eigenvalue weighted by atomic mass is 9.84. The molecule has 20 heavy (non-hydrogen) atoms. The van der Waals surface area contributed by atoms with Crippen LogP contribution in [-0.2, 0) is 13.6 Å². The summed E-state index contributed by atoms with van der Waals surface area (Å²) in [6.45, 7) is 7.33. The van der Waals surface area contributed by atoms with Gasteiger partial charge in [0.1, 0.15) is 0 Å². The zero-order valence-electron chi connectivity index (χ0n) is 13.1. The maximum atomic E-state index is 12.2. The first-order valence-electron chi connectivity index (χ1n) is 8.23. The Balaban J connectivity index is 1.78. The van der Waals surface area contributed by atoms with Gasteiger partial charge in [-0.05, 0) is 51.1 Å². The molecule has 3 atom stereocenters. The summed E-state index contributed by atoms with van der Waals surface area (Å²) in [5, 5.41) is 0. The maximum Gasteiger partial charge on any atom is 0.327 e. The number of unbranched alkanes of at least 4 members (excludes halogenated alkanes) is 1. The van der Waals surface area contributed by atoms with Gasteiger partial charge in [-0.1, -0.05) is 19.8 Å². The molecule has 0 aromatic carbocycles. The largest absolute Gasteiger partial charge is 0.327 e. The molecule has 2 rings (SSSR count). The van der Waals surface area contributed by atoms with E-state index in [1.54, 1.807) is 6.66 Å². The lowest BCUT2D eigenvalue weighted by Gasteiger charge is -2.44. The number of fused-ring (bicyclic) bond motifs is 1. The topological polar surface area (TPSA) is 38.8 Å². The summed E-state index contributed by atoms with van der Waals surface area (Å²) in [7, 11) is -2.85. The van der Waals surface area contributed by atoms with Gasteiger partial charge in [-0.15, -0.1) is 0 Å². The van der Waals surface area contributed by atoms with Gasteiger partial charge < -0.3 is 13.9 Å². The minimum atomic E-state index is -2.85. The van der Waals surface area contributed by atoms with Crippen LogP contribution in [-0.4, -0.2) is 43.9 Å². The Labute approximate surface area is 123 Å². The lowest BCUT2D eigenvalue weighted by Crippen LogP contribution is -2.49. The van der Waals surface area contributed by atoms with Crippen LogP contribution < -0.4 is 0 Å². The summed E-state index contributed by atoms with van der Waals surface area (Å²) >= 11 is 0. The third-order valence-corrected chi connectivity index (χ3v) is 5.85. The van der Waals surface area contributed by atoms with Crippen LogP contribution in [0.25, 0.3) is 0 Å².